The number of carbonyl (C=O) groups excluding carboxylic acids is 3. The minimum atomic E-state index is -0.568. The Hall–Kier alpha value is -2.57. The summed E-state index contributed by atoms with van der Waals surface area (Å²) in [5.41, 5.74) is 0.549. The average molecular weight is 445 g/mol. The topological polar surface area (TPSA) is 84.9 Å². The molecule has 0 bridgehead atoms. The van der Waals surface area contributed by atoms with Gasteiger partial charge in [0, 0.05) is 24.9 Å². The normalized spacial score (nSPS) is 25.8. The molecule has 7 heteroatoms. The fourth-order valence-corrected chi connectivity index (χ4v) is 4.89. The molecule has 2 amide bonds. The van der Waals surface area contributed by atoms with Gasteiger partial charge in [0.2, 0.25) is 5.91 Å². The molecule has 1 N–H and O–H groups in total. The summed E-state index contributed by atoms with van der Waals surface area (Å²) >= 11 is 0. The van der Waals surface area contributed by atoms with Crippen molar-refractivity contribution in [1.29, 1.82) is 0 Å². The summed E-state index contributed by atoms with van der Waals surface area (Å²) < 4.78 is 10.4. The van der Waals surface area contributed by atoms with Gasteiger partial charge >= 0.3 is 12.1 Å². The molecule has 3 rings (SSSR count). The zero-order valence-electron chi connectivity index (χ0n) is 19.6. The minimum absolute atomic E-state index is 0.0398. The second kappa shape index (κ2) is 10.4. The number of esters is 1. The number of carbonyl (C=O) groups is 3. The molecule has 0 aromatic heterocycles. The van der Waals surface area contributed by atoms with Gasteiger partial charge in [-0.05, 0) is 64.4 Å². The van der Waals surface area contributed by atoms with Gasteiger partial charge in [-0.25, -0.2) is 9.59 Å². The summed E-state index contributed by atoms with van der Waals surface area (Å²) in [5.74, 6) is -0.0904. The Bertz CT molecular complexity index is 796. The lowest BCUT2D eigenvalue weighted by atomic mass is 9.81. The maximum atomic E-state index is 13.4. The van der Waals surface area contributed by atoms with E-state index in [0.29, 0.717) is 19.0 Å². The number of hydrogen-bond acceptors (Lipinski definition) is 5. The van der Waals surface area contributed by atoms with Crippen LogP contribution >= 0.6 is 0 Å². The molecule has 2 atom stereocenters. The highest BCUT2D eigenvalue weighted by Crippen LogP contribution is 2.37. The predicted octanol–water partition coefficient (Wildman–Crippen LogP) is 3.88. The van der Waals surface area contributed by atoms with Crippen LogP contribution in [0, 0.1) is 11.8 Å². The Morgan fingerprint density at radius 1 is 1.03 bits per heavy atom. The smallest absolute Gasteiger partial charge is 0.407 e. The maximum Gasteiger partial charge on any atom is 0.407 e. The Balaban J connectivity index is 1.56. The van der Waals surface area contributed by atoms with Crippen LogP contribution in [0.2, 0.25) is 0 Å². The number of rotatable bonds is 5. The van der Waals surface area contributed by atoms with Crippen molar-refractivity contribution in [3.63, 3.8) is 0 Å². The van der Waals surface area contributed by atoms with E-state index < -0.39 is 17.7 Å². The number of methoxy groups -OCH3 is 1. The van der Waals surface area contributed by atoms with Crippen LogP contribution in [0.3, 0.4) is 0 Å². The first kappa shape index (κ1) is 24.1. The van der Waals surface area contributed by atoms with E-state index in [4.69, 9.17) is 9.47 Å². The van der Waals surface area contributed by atoms with E-state index in [9.17, 15) is 14.4 Å². The van der Waals surface area contributed by atoms with Crippen molar-refractivity contribution in [2.24, 2.45) is 11.8 Å². The van der Waals surface area contributed by atoms with E-state index in [1.807, 2.05) is 51.1 Å². The van der Waals surface area contributed by atoms with Crippen LogP contribution in [0.25, 0.3) is 0 Å². The Kier molecular flexibility index (Phi) is 7.80. The third kappa shape index (κ3) is 6.02. The second-order valence-electron chi connectivity index (χ2n) is 9.91. The number of hydrogen-bond donors (Lipinski definition) is 1. The molecular formula is C25H36N2O5. The summed E-state index contributed by atoms with van der Waals surface area (Å²) in [6, 6.07) is 9.32. The van der Waals surface area contributed by atoms with Crippen LogP contribution in [0.15, 0.2) is 30.3 Å². The van der Waals surface area contributed by atoms with Crippen molar-refractivity contribution < 1.29 is 23.9 Å². The van der Waals surface area contributed by atoms with Crippen LogP contribution in [0.4, 0.5) is 4.79 Å². The molecule has 1 saturated carbocycles. The van der Waals surface area contributed by atoms with Crippen molar-refractivity contribution in [3.05, 3.63) is 35.9 Å². The molecule has 1 aliphatic carbocycles. The van der Waals surface area contributed by atoms with Crippen molar-refractivity contribution >= 4 is 18.0 Å². The number of ether oxygens (including phenoxy) is 2. The maximum absolute atomic E-state index is 13.4. The Labute approximate surface area is 190 Å². The number of nitrogens with one attached hydrogen (secondary N) is 1. The SMILES string of the molecule is COC(=O)[C@@H]1[C@H](c2ccccc2)CCN1C(=O)C1CCC(CNC(=O)OC(C)(C)C)CC1. The lowest BCUT2D eigenvalue weighted by molar-refractivity contribution is -0.153. The monoisotopic (exact) mass is 444 g/mol. The van der Waals surface area contributed by atoms with Crippen molar-refractivity contribution in [3.8, 4) is 0 Å². The van der Waals surface area contributed by atoms with Gasteiger partial charge < -0.3 is 19.7 Å². The quantitative estimate of drug-likeness (QED) is 0.697. The van der Waals surface area contributed by atoms with E-state index in [0.717, 1.165) is 37.7 Å². The number of benzene rings is 1. The predicted molar refractivity (Wildman–Crippen MR) is 121 cm³/mol. The van der Waals surface area contributed by atoms with Crippen LogP contribution in [-0.4, -0.2) is 54.7 Å². The molecule has 7 nitrogen and oxygen atoms in total. The van der Waals surface area contributed by atoms with Crippen LogP contribution < -0.4 is 5.32 Å². The summed E-state index contributed by atoms with van der Waals surface area (Å²) in [5, 5.41) is 2.84. The highest BCUT2D eigenvalue weighted by atomic mass is 16.6. The molecule has 2 fully saturated rings. The molecule has 1 heterocycles. The molecule has 1 aromatic carbocycles. The molecule has 1 aromatic rings. The summed E-state index contributed by atoms with van der Waals surface area (Å²) in [7, 11) is 1.38. The van der Waals surface area contributed by atoms with Crippen LogP contribution in [0.5, 0.6) is 0 Å². The van der Waals surface area contributed by atoms with E-state index in [2.05, 4.69) is 5.32 Å². The number of likely N-dealkylation sites (tertiary alicyclic amines) is 1. The van der Waals surface area contributed by atoms with Crippen LogP contribution in [-0.2, 0) is 19.1 Å². The van der Waals surface area contributed by atoms with Crippen molar-refractivity contribution in [2.75, 3.05) is 20.2 Å². The van der Waals surface area contributed by atoms with Crippen LogP contribution in [0.1, 0.15) is 64.4 Å². The average Bonchev–Trinajstić information content (AvgIpc) is 3.21. The lowest BCUT2D eigenvalue weighted by Crippen LogP contribution is -2.46. The first-order valence-electron chi connectivity index (χ1n) is 11.6. The van der Waals surface area contributed by atoms with Crippen molar-refractivity contribution in [1.82, 2.24) is 10.2 Å². The second-order valence-corrected chi connectivity index (χ2v) is 9.91. The lowest BCUT2D eigenvalue weighted by Gasteiger charge is -2.33. The minimum Gasteiger partial charge on any atom is -0.467 e. The Morgan fingerprint density at radius 2 is 1.69 bits per heavy atom. The first-order valence-corrected chi connectivity index (χ1v) is 11.6. The van der Waals surface area contributed by atoms with Gasteiger partial charge in [-0.15, -0.1) is 0 Å². The number of nitrogens with zero attached hydrogens (tertiary/aromatic N) is 1. The molecule has 1 saturated heterocycles. The van der Waals surface area contributed by atoms with E-state index >= 15 is 0 Å². The van der Waals surface area contributed by atoms with Gasteiger partial charge in [-0.1, -0.05) is 30.3 Å². The zero-order chi connectivity index (χ0) is 23.3. The summed E-state index contributed by atoms with van der Waals surface area (Å²) in [6.07, 6.45) is 3.61. The molecule has 2 aliphatic rings. The van der Waals surface area contributed by atoms with Gasteiger partial charge in [0.1, 0.15) is 11.6 Å². The third-order valence-corrected chi connectivity index (χ3v) is 6.48. The summed E-state index contributed by atoms with van der Waals surface area (Å²) in [4.78, 5) is 39.6. The van der Waals surface area contributed by atoms with E-state index in [1.54, 1.807) is 4.90 Å². The Morgan fingerprint density at radius 3 is 2.28 bits per heavy atom. The van der Waals surface area contributed by atoms with Gasteiger partial charge in [0.05, 0.1) is 7.11 Å². The highest BCUT2D eigenvalue weighted by Gasteiger charge is 2.45. The van der Waals surface area contributed by atoms with Crippen molar-refractivity contribution in [2.45, 2.75) is 70.4 Å². The molecule has 1 aliphatic heterocycles. The standard InChI is InChI=1S/C25H36N2O5/c1-25(2,3)32-24(30)26-16-17-10-12-19(13-11-17)22(28)27-15-14-20(21(27)23(29)31-4)18-8-6-5-7-9-18/h5-9,17,19-21H,10-16H2,1-4H3,(H,26,30)/t17?,19?,20-,21-/m0/s1. The molecule has 0 unspecified atom stereocenters. The van der Waals surface area contributed by atoms with Gasteiger partial charge in [0.25, 0.3) is 0 Å². The van der Waals surface area contributed by atoms with Gasteiger partial charge in [-0.2, -0.15) is 0 Å². The summed E-state index contributed by atoms with van der Waals surface area (Å²) in [6.45, 7) is 6.64. The van der Waals surface area contributed by atoms with E-state index in [-0.39, 0.29) is 23.7 Å². The molecule has 0 radical (unpaired) electrons. The van der Waals surface area contributed by atoms with Gasteiger partial charge in [0.15, 0.2) is 0 Å². The molecular weight excluding hydrogens is 408 g/mol. The number of amides is 2. The molecule has 32 heavy (non-hydrogen) atoms. The van der Waals surface area contributed by atoms with E-state index in [1.165, 1.54) is 7.11 Å². The third-order valence-electron chi connectivity index (χ3n) is 6.48. The largest absolute Gasteiger partial charge is 0.467 e. The molecule has 176 valence electrons. The number of alkyl carbamates (subject to hydrolysis) is 1. The fourth-order valence-electron chi connectivity index (χ4n) is 4.89. The van der Waals surface area contributed by atoms with Gasteiger partial charge in [-0.3, -0.25) is 4.79 Å². The highest BCUT2D eigenvalue weighted by molar-refractivity contribution is 5.87. The molecule has 0 spiro atoms. The fraction of sp³-hybridized carbons (Fsp3) is 0.640. The first-order chi connectivity index (χ1) is 15.2. The zero-order valence-corrected chi connectivity index (χ0v) is 19.6.